The van der Waals surface area contributed by atoms with Gasteiger partial charge in [-0.15, -0.1) is 0 Å². The number of nitrogens with zero attached hydrogens (tertiary/aromatic N) is 1. The number of ether oxygens (including phenoxy) is 1. The van der Waals surface area contributed by atoms with Gasteiger partial charge >= 0.3 is 0 Å². The molecule has 22 heavy (non-hydrogen) atoms. The Labute approximate surface area is 127 Å². The molecule has 0 aliphatic carbocycles. The minimum Gasteiger partial charge on any atom is -0.496 e. The third-order valence-corrected chi connectivity index (χ3v) is 3.32. The number of anilines is 1. The highest BCUT2D eigenvalue weighted by molar-refractivity contribution is 5.94. The highest BCUT2D eigenvalue weighted by Gasteiger charge is 2.10. The second-order valence-electron chi connectivity index (χ2n) is 4.95. The molecule has 0 aliphatic heterocycles. The molecule has 0 unspecified atom stereocenters. The molecule has 1 aromatic heterocycles. The molecule has 0 saturated carbocycles. The van der Waals surface area contributed by atoms with E-state index in [0.29, 0.717) is 22.9 Å². The number of nitrogens with one attached hydrogen (secondary N) is 1. The van der Waals surface area contributed by atoms with E-state index in [1.807, 2.05) is 36.4 Å². The van der Waals surface area contributed by atoms with Crippen molar-refractivity contribution in [3.8, 4) is 5.75 Å². The third kappa shape index (κ3) is 2.93. The van der Waals surface area contributed by atoms with Crippen LogP contribution in [0.3, 0.4) is 0 Å². The van der Waals surface area contributed by atoms with E-state index >= 15 is 0 Å². The van der Waals surface area contributed by atoms with Crippen molar-refractivity contribution >= 4 is 22.7 Å². The highest BCUT2D eigenvalue weighted by Crippen LogP contribution is 2.21. The molecule has 0 saturated heterocycles. The Balaban J connectivity index is 1.75. The number of oxazole rings is 1. The quantitative estimate of drug-likeness (QED) is 0.802. The summed E-state index contributed by atoms with van der Waals surface area (Å²) >= 11 is 0. The normalized spacial score (nSPS) is 10.6. The zero-order chi connectivity index (χ0) is 15.5. The van der Waals surface area contributed by atoms with Crippen LogP contribution in [-0.2, 0) is 11.2 Å². The maximum absolute atomic E-state index is 12.2. The SMILES string of the molecule is COc1ccccc1CC(=O)Nc1ccc2nc(C)oc2c1. The fourth-order valence-electron chi connectivity index (χ4n) is 2.34. The van der Waals surface area contributed by atoms with E-state index in [9.17, 15) is 4.79 Å². The number of fused-ring (bicyclic) bond motifs is 1. The Morgan fingerprint density at radius 1 is 1.27 bits per heavy atom. The van der Waals surface area contributed by atoms with Crippen LogP contribution in [0.2, 0.25) is 0 Å². The number of carbonyl (C=O) groups excluding carboxylic acids is 1. The molecule has 1 heterocycles. The molecule has 1 amide bonds. The lowest BCUT2D eigenvalue weighted by molar-refractivity contribution is -0.115. The van der Waals surface area contributed by atoms with E-state index in [4.69, 9.17) is 9.15 Å². The van der Waals surface area contributed by atoms with Crippen LogP contribution >= 0.6 is 0 Å². The molecule has 3 rings (SSSR count). The summed E-state index contributed by atoms with van der Waals surface area (Å²) in [5.74, 6) is 1.20. The van der Waals surface area contributed by atoms with Crippen molar-refractivity contribution in [2.24, 2.45) is 0 Å². The number of methoxy groups -OCH3 is 1. The summed E-state index contributed by atoms with van der Waals surface area (Å²) < 4.78 is 10.7. The van der Waals surface area contributed by atoms with Gasteiger partial charge in [0.1, 0.15) is 11.3 Å². The maximum Gasteiger partial charge on any atom is 0.228 e. The number of carbonyl (C=O) groups is 1. The molecule has 112 valence electrons. The summed E-state index contributed by atoms with van der Waals surface area (Å²) in [7, 11) is 1.59. The van der Waals surface area contributed by atoms with E-state index in [2.05, 4.69) is 10.3 Å². The van der Waals surface area contributed by atoms with Crippen LogP contribution in [0.15, 0.2) is 46.9 Å². The number of aromatic nitrogens is 1. The number of amides is 1. The Morgan fingerprint density at radius 3 is 2.91 bits per heavy atom. The molecule has 0 aliphatic rings. The first-order valence-electron chi connectivity index (χ1n) is 6.94. The van der Waals surface area contributed by atoms with Gasteiger partial charge in [-0.25, -0.2) is 4.98 Å². The molecule has 0 fully saturated rings. The van der Waals surface area contributed by atoms with Crippen LogP contribution in [0, 0.1) is 6.92 Å². The molecular weight excluding hydrogens is 280 g/mol. The molecule has 3 aromatic rings. The fourth-order valence-corrected chi connectivity index (χ4v) is 2.34. The Bertz CT molecular complexity index is 824. The Hall–Kier alpha value is -2.82. The van der Waals surface area contributed by atoms with Crippen LogP contribution in [0.4, 0.5) is 5.69 Å². The van der Waals surface area contributed by atoms with Gasteiger partial charge in [0, 0.05) is 24.2 Å². The molecule has 0 radical (unpaired) electrons. The number of aryl methyl sites for hydroxylation is 1. The molecule has 5 nitrogen and oxygen atoms in total. The predicted octanol–water partition coefficient (Wildman–Crippen LogP) is 3.33. The van der Waals surface area contributed by atoms with Gasteiger partial charge in [-0.2, -0.15) is 0 Å². The number of hydrogen-bond donors (Lipinski definition) is 1. The topological polar surface area (TPSA) is 64.4 Å². The third-order valence-electron chi connectivity index (χ3n) is 3.32. The molecule has 0 spiro atoms. The van der Waals surface area contributed by atoms with Gasteiger partial charge < -0.3 is 14.5 Å². The lowest BCUT2D eigenvalue weighted by Gasteiger charge is -2.08. The van der Waals surface area contributed by atoms with Gasteiger partial charge in [0.15, 0.2) is 11.5 Å². The largest absolute Gasteiger partial charge is 0.496 e. The highest BCUT2D eigenvalue weighted by atomic mass is 16.5. The van der Waals surface area contributed by atoms with Crippen LogP contribution in [-0.4, -0.2) is 18.0 Å². The lowest BCUT2D eigenvalue weighted by Crippen LogP contribution is -2.14. The summed E-state index contributed by atoms with van der Waals surface area (Å²) in [4.78, 5) is 16.4. The van der Waals surface area contributed by atoms with Crippen molar-refractivity contribution in [1.29, 1.82) is 0 Å². The van der Waals surface area contributed by atoms with Crippen molar-refractivity contribution in [1.82, 2.24) is 4.98 Å². The van der Waals surface area contributed by atoms with Gasteiger partial charge in [0.05, 0.1) is 13.5 Å². The molecule has 0 atom stereocenters. The summed E-state index contributed by atoms with van der Waals surface area (Å²) in [5.41, 5.74) is 2.97. The zero-order valence-electron chi connectivity index (χ0n) is 12.4. The van der Waals surface area contributed by atoms with Crippen LogP contribution < -0.4 is 10.1 Å². The predicted molar refractivity (Wildman–Crippen MR) is 84.1 cm³/mol. The first-order valence-corrected chi connectivity index (χ1v) is 6.94. The van der Waals surface area contributed by atoms with E-state index in [1.54, 1.807) is 20.1 Å². The monoisotopic (exact) mass is 296 g/mol. The smallest absolute Gasteiger partial charge is 0.228 e. The summed E-state index contributed by atoms with van der Waals surface area (Å²) in [5, 5.41) is 2.86. The van der Waals surface area contributed by atoms with Gasteiger partial charge in [-0.1, -0.05) is 18.2 Å². The van der Waals surface area contributed by atoms with Crippen LogP contribution in [0.25, 0.3) is 11.1 Å². The molecular formula is C17H16N2O3. The first kappa shape index (κ1) is 14.1. The van der Waals surface area contributed by atoms with E-state index in [-0.39, 0.29) is 12.3 Å². The number of rotatable bonds is 4. The molecule has 1 N–H and O–H groups in total. The average Bonchev–Trinajstić information content (AvgIpc) is 2.87. The van der Waals surface area contributed by atoms with Crippen molar-refractivity contribution < 1.29 is 13.9 Å². The second kappa shape index (κ2) is 5.89. The minimum atomic E-state index is -0.111. The van der Waals surface area contributed by atoms with Crippen LogP contribution in [0.1, 0.15) is 11.5 Å². The fraction of sp³-hybridized carbons (Fsp3) is 0.176. The second-order valence-corrected chi connectivity index (χ2v) is 4.95. The van der Waals surface area contributed by atoms with Gasteiger partial charge in [0.25, 0.3) is 0 Å². The van der Waals surface area contributed by atoms with Gasteiger partial charge in [-0.3, -0.25) is 4.79 Å². The molecule has 2 aromatic carbocycles. The van der Waals surface area contributed by atoms with Crippen molar-refractivity contribution in [3.05, 3.63) is 53.9 Å². The van der Waals surface area contributed by atoms with Crippen molar-refractivity contribution in [2.75, 3.05) is 12.4 Å². The molecule has 0 bridgehead atoms. The van der Waals surface area contributed by atoms with Gasteiger partial charge in [-0.05, 0) is 18.2 Å². The average molecular weight is 296 g/mol. The standard InChI is InChI=1S/C17H16N2O3/c1-11-18-14-8-7-13(10-16(14)22-11)19-17(20)9-12-5-3-4-6-15(12)21-2/h3-8,10H,9H2,1-2H3,(H,19,20). The van der Waals surface area contributed by atoms with E-state index in [1.165, 1.54) is 0 Å². The summed E-state index contributed by atoms with van der Waals surface area (Å²) in [6, 6.07) is 12.9. The Morgan fingerprint density at radius 2 is 2.09 bits per heavy atom. The zero-order valence-corrected chi connectivity index (χ0v) is 12.4. The summed E-state index contributed by atoms with van der Waals surface area (Å²) in [6.07, 6.45) is 0.248. The Kier molecular flexibility index (Phi) is 3.78. The van der Waals surface area contributed by atoms with Crippen molar-refractivity contribution in [2.45, 2.75) is 13.3 Å². The van der Waals surface area contributed by atoms with E-state index < -0.39 is 0 Å². The molecule has 5 heteroatoms. The first-order chi connectivity index (χ1) is 10.7. The van der Waals surface area contributed by atoms with Gasteiger partial charge in [0.2, 0.25) is 5.91 Å². The number of hydrogen-bond acceptors (Lipinski definition) is 4. The number of benzene rings is 2. The lowest BCUT2D eigenvalue weighted by atomic mass is 10.1. The summed E-state index contributed by atoms with van der Waals surface area (Å²) in [6.45, 7) is 1.79. The van der Waals surface area contributed by atoms with E-state index in [0.717, 1.165) is 11.1 Å². The van der Waals surface area contributed by atoms with Crippen molar-refractivity contribution in [3.63, 3.8) is 0 Å². The van der Waals surface area contributed by atoms with Crippen LogP contribution in [0.5, 0.6) is 5.75 Å². The minimum absolute atomic E-state index is 0.111. The number of para-hydroxylation sites is 1. The maximum atomic E-state index is 12.2.